The standard InChI is InChI=1S/C16H31N7O2/c1-13(2)19-15-20-14(18-6-10-25-12-11-24-9-5-17)21-16(22-15)23-7-3-4-8-23/h13H,3-12,17H2,1-2H3,(H2,18,19,20,21,22). The lowest BCUT2D eigenvalue weighted by atomic mass is 10.4. The molecule has 0 amide bonds. The molecule has 142 valence electrons. The van der Waals surface area contributed by atoms with Crippen LogP contribution < -0.4 is 21.3 Å². The van der Waals surface area contributed by atoms with Crippen molar-refractivity contribution < 1.29 is 9.47 Å². The Kier molecular flexibility index (Phi) is 8.64. The SMILES string of the molecule is CC(C)Nc1nc(NCCOCCOCCN)nc(N2CCCC2)n1. The van der Waals surface area contributed by atoms with Gasteiger partial charge in [-0.1, -0.05) is 0 Å². The van der Waals surface area contributed by atoms with Crippen molar-refractivity contribution in [1.82, 2.24) is 15.0 Å². The number of nitrogens with one attached hydrogen (secondary N) is 2. The van der Waals surface area contributed by atoms with E-state index in [-0.39, 0.29) is 6.04 Å². The second-order valence-electron chi connectivity index (χ2n) is 6.22. The van der Waals surface area contributed by atoms with Gasteiger partial charge >= 0.3 is 0 Å². The van der Waals surface area contributed by atoms with Crippen molar-refractivity contribution >= 4 is 17.8 Å². The topological polar surface area (TPSA) is 110 Å². The average Bonchev–Trinajstić information content (AvgIpc) is 3.11. The maximum absolute atomic E-state index is 5.50. The van der Waals surface area contributed by atoms with Crippen LogP contribution in [0.3, 0.4) is 0 Å². The average molecular weight is 353 g/mol. The number of nitrogens with zero attached hydrogens (tertiary/aromatic N) is 4. The van der Waals surface area contributed by atoms with E-state index in [0.717, 1.165) is 19.0 Å². The molecule has 9 heteroatoms. The zero-order chi connectivity index (χ0) is 17.9. The number of aromatic nitrogens is 3. The Labute approximate surface area is 149 Å². The minimum atomic E-state index is 0.263. The summed E-state index contributed by atoms with van der Waals surface area (Å²) in [5.41, 5.74) is 5.35. The molecule has 1 aromatic heterocycles. The fraction of sp³-hybridized carbons (Fsp3) is 0.812. The molecule has 1 aliphatic rings. The van der Waals surface area contributed by atoms with Gasteiger partial charge in [0.25, 0.3) is 0 Å². The largest absolute Gasteiger partial charge is 0.378 e. The summed E-state index contributed by atoms with van der Waals surface area (Å²) < 4.78 is 10.8. The Balaban J connectivity index is 1.82. The molecule has 2 rings (SSSR count). The van der Waals surface area contributed by atoms with Crippen molar-refractivity contribution in [3.05, 3.63) is 0 Å². The van der Waals surface area contributed by atoms with Crippen LogP contribution >= 0.6 is 0 Å². The molecule has 0 aromatic carbocycles. The zero-order valence-electron chi connectivity index (χ0n) is 15.3. The molecule has 9 nitrogen and oxygen atoms in total. The summed E-state index contributed by atoms with van der Waals surface area (Å²) >= 11 is 0. The highest BCUT2D eigenvalue weighted by molar-refractivity contribution is 5.44. The Morgan fingerprint density at radius 1 is 1.00 bits per heavy atom. The molecule has 0 unspecified atom stereocenters. The van der Waals surface area contributed by atoms with Crippen LogP contribution in [-0.2, 0) is 9.47 Å². The van der Waals surface area contributed by atoms with Gasteiger partial charge in [-0.15, -0.1) is 0 Å². The van der Waals surface area contributed by atoms with Gasteiger partial charge in [-0.2, -0.15) is 15.0 Å². The molecule has 0 bridgehead atoms. The van der Waals surface area contributed by atoms with E-state index in [1.807, 2.05) is 0 Å². The molecular weight excluding hydrogens is 322 g/mol. The van der Waals surface area contributed by atoms with Crippen molar-refractivity contribution in [1.29, 1.82) is 0 Å². The lowest BCUT2D eigenvalue weighted by Gasteiger charge is -2.18. The zero-order valence-corrected chi connectivity index (χ0v) is 15.3. The van der Waals surface area contributed by atoms with E-state index in [9.17, 15) is 0 Å². The lowest BCUT2D eigenvalue weighted by Crippen LogP contribution is -2.24. The predicted octanol–water partition coefficient (Wildman–Crippen LogP) is 0.696. The van der Waals surface area contributed by atoms with Crippen LogP contribution in [0.2, 0.25) is 0 Å². The smallest absolute Gasteiger partial charge is 0.231 e. The molecule has 1 saturated heterocycles. The molecule has 0 spiro atoms. The molecule has 1 aromatic rings. The highest BCUT2D eigenvalue weighted by Gasteiger charge is 2.17. The fourth-order valence-corrected chi connectivity index (χ4v) is 2.47. The number of ether oxygens (including phenoxy) is 2. The number of hydrogen-bond acceptors (Lipinski definition) is 9. The Morgan fingerprint density at radius 3 is 2.36 bits per heavy atom. The van der Waals surface area contributed by atoms with Crippen LogP contribution in [0.5, 0.6) is 0 Å². The van der Waals surface area contributed by atoms with E-state index in [4.69, 9.17) is 15.2 Å². The monoisotopic (exact) mass is 353 g/mol. The van der Waals surface area contributed by atoms with Gasteiger partial charge in [0.2, 0.25) is 17.8 Å². The first-order valence-electron chi connectivity index (χ1n) is 9.06. The highest BCUT2D eigenvalue weighted by Crippen LogP contribution is 2.18. The highest BCUT2D eigenvalue weighted by atomic mass is 16.5. The quantitative estimate of drug-likeness (QED) is 0.467. The van der Waals surface area contributed by atoms with E-state index in [1.165, 1.54) is 12.8 Å². The van der Waals surface area contributed by atoms with Crippen LogP contribution in [0, 0.1) is 0 Å². The minimum absolute atomic E-state index is 0.263. The molecule has 0 aliphatic carbocycles. The number of hydrogen-bond donors (Lipinski definition) is 3. The molecule has 25 heavy (non-hydrogen) atoms. The maximum Gasteiger partial charge on any atom is 0.231 e. The molecule has 1 aliphatic heterocycles. The van der Waals surface area contributed by atoms with Crippen molar-refractivity contribution in [2.24, 2.45) is 5.73 Å². The molecule has 0 saturated carbocycles. The number of rotatable bonds is 12. The van der Waals surface area contributed by atoms with Crippen LogP contribution in [0.25, 0.3) is 0 Å². The van der Waals surface area contributed by atoms with E-state index < -0.39 is 0 Å². The van der Waals surface area contributed by atoms with Gasteiger partial charge in [-0.25, -0.2) is 0 Å². The molecule has 2 heterocycles. The van der Waals surface area contributed by atoms with Crippen molar-refractivity contribution in [2.75, 3.05) is 68.1 Å². The maximum atomic E-state index is 5.50. The van der Waals surface area contributed by atoms with Gasteiger partial charge in [0.05, 0.1) is 26.4 Å². The Morgan fingerprint density at radius 2 is 1.68 bits per heavy atom. The summed E-state index contributed by atoms with van der Waals surface area (Å²) in [7, 11) is 0. The van der Waals surface area contributed by atoms with Gasteiger partial charge in [0.15, 0.2) is 0 Å². The lowest BCUT2D eigenvalue weighted by molar-refractivity contribution is 0.0547. The van der Waals surface area contributed by atoms with E-state index in [1.54, 1.807) is 0 Å². The summed E-state index contributed by atoms with van der Waals surface area (Å²) in [5.74, 6) is 1.91. The third-order valence-electron chi connectivity index (χ3n) is 3.59. The van der Waals surface area contributed by atoms with E-state index in [0.29, 0.717) is 51.4 Å². The Bertz CT molecular complexity index is 495. The molecule has 1 fully saturated rings. The fourth-order valence-electron chi connectivity index (χ4n) is 2.47. The second-order valence-corrected chi connectivity index (χ2v) is 6.22. The summed E-state index contributed by atoms with van der Waals surface area (Å²) in [6.45, 7) is 9.52. The third-order valence-corrected chi connectivity index (χ3v) is 3.59. The van der Waals surface area contributed by atoms with Gasteiger partial charge in [0.1, 0.15) is 0 Å². The first-order chi connectivity index (χ1) is 12.2. The molecular formula is C16H31N7O2. The molecule has 0 atom stereocenters. The Hall–Kier alpha value is -1.71. The van der Waals surface area contributed by atoms with Crippen LogP contribution in [0.4, 0.5) is 17.8 Å². The summed E-state index contributed by atoms with van der Waals surface area (Å²) in [6, 6.07) is 0.263. The predicted molar refractivity (Wildman–Crippen MR) is 99.2 cm³/mol. The summed E-state index contributed by atoms with van der Waals surface area (Å²) in [6.07, 6.45) is 2.36. The van der Waals surface area contributed by atoms with Crippen molar-refractivity contribution in [3.63, 3.8) is 0 Å². The number of anilines is 3. The van der Waals surface area contributed by atoms with Crippen molar-refractivity contribution in [2.45, 2.75) is 32.7 Å². The summed E-state index contributed by atoms with van der Waals surface area (Å²) in [5, 5.41) is 6.46. The van der Waals surface area contributed by atoms with Crippen LogP contribution in [0.15, 0.2) is 0 Å². The van der Waals surface area contributed by atoms with Gasteiger partial charge < -0.3 is 30.7 Å². The van der Waals surface area contributed by atoms with Crippen LogP contribution in [0.1, 0.15) is 26.7 Å². The number of nitrogens with two attached hydrogens (primary N) is 1. The van der Waals surface area contributed by atoms with Gasteiger partial charge in [0, 0.05) is 32.2 Å². The second kappa shape index (κ2) is 11.0. The van der Waals surface area contributed by atoms with E-state index in [2.05, 4.69) is 44.3 Å². The molecule has 4 N–H and O–H groups in total. The molecule has 0 radical (unpaired) electrons. The van der Waals surface area contributed by atoms with Gasteiger partial charge in [-0.3, -0.25) is 0 Å². The summed E-state index contributed by atoms with van der Waals surface area (Å²) in [4.78, 5) is 15.7. The van der Waals surface area contributed by atoms with Crippen LogP contribution in [-0.4, -0.2) is 73.6 Å². The van der Waals surface area contributed by atoms with E-state index >= 15 is 0 Å². The minimum Gasteiger partial charge on any atom is -0.378 e. The normalized spacial score (nSPS) is 14.3. The van der Waals surface area contributed by atoms with Crippen molar-refractivity contribution in [3.8, 4) is 0 Å². The van der Waals surface area contributed by atoms with Gasteiger partial charge in [-0.05, 0) is 26.7 Å². The first kappa shape index (κ1) is 19.6. The first-order valence-corrected chi connectivity index (χ1v) is 9.06. The third kappa shape index (κ3) is 7.37.